The Hall–Kier alpha value is -3.35. The summed E-state index contributed by atoms with van der Waals surface area (Å²) in [6, 6.07) is 8.13. The van der Waals surface area contributed by atoms with Crippen LogP contribution in [0.25, 0.3) is 6.08 Å². The number of aromatic hydroxyl groups is 4. The lowest BCUT2D eigenvalue weighted by Gasteiger charge is -2.41. The van der Waals surface area contributed by atoms with Gasteiger partial charge in [-0.2, -0.15) is 0 Å². The maximum Gasteiger partial charge on any atom is 0.331 e. The minimum atomic E-state index is -1.62. The predicted molar refractivity (Wildman–Crippen MR) is 116 cm³/mol. The second-order valence-electron chi connectivity index (χ2n) is 7.63. The molecule has 1 aliphatic rings. The lowest BCUT2D eigenvalue weighted by molar-refractivity contribution is -0.303. The molecule has 3 rings (SSSR count). The molecular weight excluding hydrogens is 452 g/mol. The minimum absolute atomic E-state index is 0.00742. The molecule has 2 aromatic carbocycles. The van der Waals surface area contributed by atoms with Gasteiger partial charge in [0.2, 0.25) is 0 Å². The number of hydrogen-bond acceptors (Lipinski definition) is 11. The van der Waals surface area contributed by atoms with Crippen LogP contribution in [-0.4, -0.2) is 85.6 Å². The highest BCUT2D eigenvalue weighted by atomic mass is 16.7. The van der Waals surface area contributed by atoms with E-state index >= 15 is 0 Å². The molecule has 1 saturated heterocycles. The van der Waals surface area contributed by atoms with E-state index in [-0.39, 0.29) is 36.0 Å². The van der Waals surface area contributed by atoms with Crippen LogP contribution in [-0.2, 0) is 25.4 Å². The van der Waals surface area contributed by atoms with Gasteiger partial charge in [0.1, 0.15) is 18.3 Å². The van der Waals surface area contributed by atoms with Crippen molar-refractivity contribution in [3.05, 3.63) is 53.6 Å². The standard InChI is InChI=1S/C23H26O11/c24-11-18-20(30)21(31)22(34-19(29)6-3-12-1-4-14(25)16(27)9-12)23(33-18)32-8-7-13-2-5-15(26)17(28)10-13/h1-6,9-10,18,20-28,30-31H,7-8,11H2. The van der Waals surface area contributed by atoms with Gasteiger partial charge in [-0.1, -0.05) is 12.1 Å². The van der Waals surface area contributed by atoms with Gasteiger partial charge in [-0.25, -0.2) is 4.79 Å². The molecule has 11 heteroatoms. The third kappa shape index (κ3) is 6.16. The quantitative estimate of drug-likeness (QED) is 0.155. The number of benzene rings is 2. The Balaban J connectivity index is 1.66. The van der Waals surface area contributed by atoms with Crippen LogP contribution < -0.4 is 0 Å². The van der Waals surface area contributed by atoms with Gasteiger partial charge in [0, 0.05) is 6.08 Å². The normalized spacial score (nSPS) is 24.9. The number of carbonyl (C=O) groups excluding carboxylic acids is 1. The summed E-state index contributed by atoms with van der Waals surface area (Å²) in [5.41, 5.74) is 1.01. The number of esters is 1. The highest BCUT2D eigenvalue weighted by Gasteiger charge is 2.47. The number of ether oxygens (including phenoxy) is 3. The van der Waals surface area contributed by atoms with Crippen molar-refractivity contribution in [2.75, 3.05) is 13.2 Å². The molecule has 2 aromatic rings. The van der Waals surface area contributed by atoms with Crippen molar-refractivity contribution in [1.82, 2.24) is 0 Å². The second-order valence-corrected chi connectivity index (χ2v) is 7.63. The Morgan fingerprint density at radius 3 is 2.26 bits per heavy atom. The maximum atomic E-state index is 12.3. The van der Waals surface area contributed by atoms with Crippen LogP contribution in [0.5, 0.6) is 23.0 Å². The first kappa shape index (κ1) is 25.3. The van der Waals surface area contributed by atoms with Gasteiger partial charge in [0.05, 0.1) is 13.2 Å². The Morgan fingerprint density at radius 2 is 1.62 bits per heavy atom. The fraction of sp³-hybridized carbons (Fsp3) is 0.348. The van der Waals surface area contributed by atoms with E-state index in [1.807, 2.05) is 0 Å². The highest BCUT2D eigenvalue weighted by molar-refractivity contribution is 5.87. The van der Waals surface area contributed by atoms with Crippen molar-refractivity contribution in [2.45, 2.75) is 37.1 Å². The van der Waals surface area contributed by atoms with Gasteiger partial charge >= 0.3 is 5.97 Å². The Bertz CT molecular complexity index is 1020. The molecule has 0 bridgehead atoms. The van der Waals surface area contributed by atoms with Crippen molar-refractivity contribution >= 4 is 12.0 Å². The van der Waals surface area contributed by atoms with Gasteiger partial charge in [-0.15, -0.1) is 0 Å². The Labute approximate surface area is 194 Å². The number of aliphatic hydroxyl groups excluding tert-OH is 3. The number of aliphatic hydroxyl groups is 3. The number of carbonyl (C=O) groups is 1. The molecule has 0 aromatic heterocycles. The smallest absolute Gasteiger partial charge is 0.331 e. The van der Waals surface area contributed by atoms with Crippen molar-refractivity contribution in [2.24, 2.45) is 0 Å². The largest absolute Gasteiger partial charge is 0.504 e. The molecule has 7 N–H and O–H groups in total. The van der Waals surface area contributed by atoms with Crippen LogP contribution in [0.15, 0.2) is 42.5 Å². The van der Waals surface area contributed by atoms with E-state index in [1.54, 1.807) is 6.07 Å². The molecule has 11 nitrogen and oxygen atoms in total. The summed E-state index contributed by atoms with van der Waals surface area (Å²) in [5, 5.41) is 67.9. The summed E-state index contributed by atoms with van der Waals surface area (Å²) in [6.07, 6.45) is -4.52. The molecular formula is C23H26O11. The van der Waals surface area contributed by atoms with Gasteiger partial charge in [-0.3, -0.25) is 0 Å². The average Bonchev–Trinajstić information content (AvgIpc) is 2.81. The van der Waals surface area contributed by atoms with E-state index < -0.39 is 43.3 Å². The molecule has 0 aliphatic carbocycles. The Morgan fingerprint density at radius 1 is 0.941 bits per heavy atom. The molecule has 1 heterocycles. The van der Waals surface area contributed by atoms with Crippen molar-refractivity contribution in [3.8, 4) is 23.0 Å². The van der Waals surface area contributed by atoms with Crippen molar-refractivity contribution in [1.29, 1.82) is 0 Å². The van der Waals surface area contributed by atoms with Crippen LogP contribution in [0.1, 0.15) is 11.1 Å². The van der Waals surface area contributed by atoms with Crippen LogP contribution in [0.3, 0.4) is 0 Å². The van der Waals surface area contributed by atoms with Crippen LogP contribution in [0.2, 0.25) is 0 Å². The monoisotopic (exact) mass is 478 g/mol. The predicted octanol–water partition coefficient (Wildman–Crippen LogP) is 0.132. The summed E-state index contributed by atoms with van der Waals surface area (Å²) in [7, 11) is 0. The van der Waals surface area contributed by atoms with Crippen molar-refractivity contribution in [3.63, 3.8) is 0 Å². The van der Waals surface area contributed by atoms with E-state index in [0.717, 1.165) is 6.08 Å². The molecule has 1 aliphatic heterocycles. The van der Waals surface area contributed by atoms with E-state index in [1.165, 1.54) is 36.4 Å². The second kappa shape index (κ2) is 11.2. The van der Waals surface area contributed by atoms with E-state index in [2.05, 4.69) is 0 Å². The van der Waals surface area contributed by atoms with Gasteiger partial charge in [0.25, 0.3) is 0 Å². The number of phenolic OH excluding ortho intramolecular Hbond substituents is 4. The zero-order valence-corrected chi connectivity index (χ0v) is 17.9. The molecule has 0 radical (unpaired) electrons. The molecule has 5 unspecified atom stereocenters. The zero-order chi connectivity index (χ0) is 24.8. The molecule has 184 valence electrons. The maximum absolute atomic E-state index is 12.3. The van der Waals surface area contributed by atoms with Crippen molar-refractivity contribution < 1.29 is 54.8 Å². The van der Waals surface area contributed by atoms with Crippen LogP contribution >= 0.6 is 0 Å². The highest BCUT2D eigenvalue weighted by Crippen LogP contribution is 2.28. The Kier molecular flexibility index (Phi) is 8.31. The topological polar surface area (TPSA) is 186 Å². The molecule has 1 fully saturated rings. The lowest BCUT2D eigenvalue weighted by Crippen LogP contribution is -2.60. The molecule has 5 atom stereocenters. The minimum Gasteiger partial charge on any atom is -0.504 e. The van der Waals surface area contributed by atoms with E-state index in [4.69, 9.17) is 14.2 Å². The average molecular weight is 478 g/mol. The summed E-state index contributed by atoms with van der Waals surface area (Å²) >= 11 is 0. The van der Waals surface area contributed by atoms with E-state index in [0.29, 0.717) is 11.1 Å². The van der Waals surface area contributed by atoms with Gasteiger partial charge in [0.15, 0.2) is 35.4 Å². The summed E-state index contributed by atoms with van der Waals surface area (Å²) in [5.74, 6) is -2.18. The number of hydrogen-bond donors (Lipinski definition) is 7. The fourth-order valence-corrected chi connectivity index (χ4v) is 3.32. The lowest BCUT2D eigenvalue weighted by atomic mass is 9.99. The molecule has 0 saturated carbocycles. The van der Waals surface area contributed by atoms with E-state index in [9.17, 15) is 40.5 Å². The van der Waals surface area contributed by atoms with Gasteiger partial charge in [-0.05, 0) is 47.9 Å². The molecule has 34 heavy (non-hydrogen) atoms. The molecule has 0 amide bonds. The summed E-state index contributed by atoms with van der Waals surface area (Å²) in [4.78, 5) is 12.3. The van der Waals surface area contributed by atoms with Gasteiger partial charge < -0.3 is 50.0 Å². The van der Waals surface area contributed by atoms with Crippen LogP contribution in [0, 0.1) is 0 Å². The number of phenols is 4. The summed E-state index contributed by atoms with van der Waals surface area (Å²) < 4.78 is 16.3. The third-order valence-corrected chi connectivity index (χ3v) is 5.20. The zero-order valence-electron chi connectivity index (χ0n) is 17.9. The SMILES string of the molecule is O=C(C=Cc1ccc(O)c(O)c1)OC1C(OCCc2ccc(O)c(O)c2)OC(CO)C(O)C1O. The fourth-order valence-electron chi connectivity index (χ4n) is 3.32. The first-order valence-electron chi connectivity index (χ1n) is 10.3. The first-order valence-corrected chi connectivity index (χ1v) is 10.3. The molecule has 0 spiro atoms. The number of rotatable bonds is 8. The first-order chi connectivity index (χ1) is 16.2. The van der Waals surface area contributed by atoms with Crippen LogP contribution in [0.4, 0.5) is 0 Å². The third-order valence-electron chi connectivity index (χ3n) is 5.20. The summed E-state index contributed by atoms with van der Waals surface area (Å²) in [6.45, 7) is -0.624.